The Morgan fingerprint density at radius 1 is 1.38 bits per heavy atom. The lowest BCUT2D eigenvalue weighted by molar-refractivity contribution is 1.41. The second-order valence-electron chi connectivity index (χ2n) is 2.39. The van der Waals surface area contributed by atoms with Crippen LogP contribution in [-0.4, -0.2) is 11.6 Å². The van der Waals surface area contributed by atoms with Crippen LogP contribution in [0, 0.1) is 5.41 Å². The van der Waals surface area contributed by atoms with Crippen LogP contribution in [0.5, 0.6) is 0 Å². The molecule has 0 fully saturated rings. The summed E-state index contributed by atoms with van der Waals surface area (Å²) in [7, 11) is 0. The number of halogens is 2. The number of nitrogens with one attached hydrogen (secondary N) is 1. The summed E-state index contributed by atoms with van der Waals surface area (Å²) in [6, 6.07) is 5.34. The van der Waals surface area contributed by atoms with E-state index in [1.165, 1.54) is 11.8 Å². The molecular weight excluding hydrogens is 227 g/mol. The topological polar surface area (TPSA) is 49.9 Å². The zero-order valence-corrected chi connectivity index (χ0v) is 9.01. The van der Waals surface area contributed by atoms with Crippen LogP contribution in [0.3, 0.4) is 0 Å². The molecule has 1 rings (SSSR count). The molecule has 0 radical (unpaired) electrons. The van der Waals surface area contributed by atoms with E-state index in [2.05, 4.69) is 0 Å². The highest BCUT2D eigenvalue weighted by atomic mass is 35.5. The molecule has 0 amide bonds. The second kappa shape index (κ2) is 4.74. The van der Waals surface area contributed by atoms with Crippen LogP contribution in [-0.2, 0) is 0 Å². The Bertz CT molecular complexity index is 328. The van der Waals surface area contributed by atoms with Crippen molar-refractivity contribution in [2.24, 2.45) is 5.73 Å². The summed E-state index contributed by atoms with van der Waals surface area (Å²) in [6.45, 7) is 0. The molecule has 0 aliphatic rings. The van der Waals surface area contributed by atoms with Crippen molar-refractivity contribution in [2.45, 2.75) is 4.90 Å². The summed E-state index contributed by atoms with van der Waals surface area (Å²) in [6.07, 6.45) is 0. The van der Waals surface area contributed by atoms with Crippen LogP contribution < -0.4 is 5.73 Å². The molecule has 5 heteroatoms. The van der Waals surface area contributed by atoms with E-state index in [1.54, 1.807) is 12.1 Å². The molecule has 0 bridgehead atoms. The third-order valence-corrected chi connectivity index (χ3v) is 3.07. The van der Waals surface area contributed by atoms with Gasteiger partial charge in [0.1, 0.15) is 5.84 Å². The Morgan fingerprint density at radius 2 is 2.08 bits per heavy atom. The normalized spacial score (nSPS) is 10.0. The Balaban J connectivity index is 2.68. The van der Waals surface area contributed by atoms with Gasteiger partial charge >= 0.3 is 0 Å². The predicted molar refractivity (Wildman–Crippen MR) is 59.1 cm³/mol. The third kappa shape index (κ3) is 3.46. The monoisotopic (exact) mass is 234 g/mol. The number of hydrogen-bond donors (Lipinski definition) is 2. The minimum absolute atomic E-state index is 0.149. The molecule has 0 unspecified atom stereocenters. The van der Waals surface area contributed by atoms with E-state index in [0.717, 1.165) is 4.90 Å². The van der Waals surface area contributed by atoms with Crippen molar-refractivity contribution in [1.82, 2.24) is 0 Å². The molecule has 3 N–H and O–H groups in total. The summed E-state index contributed by atoms with van der Waals surface area (Å²) in [4.78, 5) is 0.963. The summed E-state index contributed by atoms with van der Waals surface area (Å²) < 4.78 is 0. The maximum absolute atomic E-state index is 7.04. The predicted octanol–water partition coefficient (Wildman–Crippen LogP) is 3.02. The quantitative estimate of drug-likeness (QED) is 0.480. The molecule has 2 nitrogen and oxygen atoms in total. The number of nitrogens with two attached hydrogens (primary N) is 1. The average Bonchev–Trinajstić information content (AvgIpc) is 2.07. The van der Waals surface area contributed by atoms with Gasteiger partial charge in [0.05, 0.1) is 15.8 Å². The molecule has 0 heterocycles. The summed E-state index contributed by atoms with van der Waals surface area (Å²) in [5.41, 5.74) is 5.21. The summed E-state index contributed by atoms with van der Waals surface area (Å²) in [5.74, 6) is 0.619. The lowest BCUT2D eigenvalue weighted by Crippen LogP contribution is -2.11. The van der Waals surface area contributed by atoms with Gasteiger partial charge in [-0.3, -0.25) is 5.41 Å². The van der Waals surface area contributed by atoms with Gasteiger partial charge in [0.2, 0.25) is 0 Å². The van der Waals surface area contributed by atoms with Gasteiger partial charge < -0.3 is 5.73 Å². The van der Waals surface area contributed by atoms with Crippen molar-refractivity contribution in [3.63, 3.8) is 0 Å². The van der Waals surface area contributed by atoms with Crippen LogP contribution in [0.4, 0.5) is 0 Å². The average molecular weight is 235 g/mol. The van der Waals surface area contributed by atoms with E-state index in [9.17, 15) is 0 Å². The second-order valence-corrected chi connectivity index (χ2v) is 4.25. The number of rotatable bonds is 3. The first-order valence-electron chi connectivity index (χ1n) is 3.50. The van der Waals surface area contributed by atoms with Gasteiger partial charge in [-0.15, -0.1) is 11.8 Å². The minimum Gasteiger partial charge on any atom is -0.387 e. The van der Waals surface area contributed by atoms with Gasteiger partial charge in [0.25, 0.3) is 0 Å². The van der Waals surface area contributed by atoms with Crippen LogP contribution in [0.2, 0.25) is 10.0 Å². The van der Waals surface area contributed by atoms with Crippen molar-refractivity contribution < 1.29 is 0 Å². The van der Waals surface area contributed by atoms with Gasteiger partial charge in [-0.2, -0.15) is 0 Å². The Morgan fingerprint density at radius 3 is 2.62 bits per heavy atom. The lowest BCUT2D eigenvalue weighted by Gasteiger charge is -2.01. The molecule has 0 aromatic heterocycles. The third-order valence-electron chi connectivity index (χ3n) is 1.29. The van der Waals surface area contributed by atoms with E-state index < -0.39 is 0 Å². The number of amidine groups is 1. The molecular formula is C8H8Cl2N2S. The molecule has 0 aliphatic heterocycles. The Kier molecular flexibility index (Phi) is 3.90. The van der Waals surface area contributed by atoms with E-state index in [0.29, 0.717) is 15.8 Å². The first kappa shape index (κ1) is 10.7. The first-order valence-corrected chi connectivity index (χ1v) is 5.24. The SMILES string of the molecule is N=C(N)CSc1ccc(Cl)c(Cl)c1. The van der Waals surface area contributed by atoms with Crippen LogP contribution in [0.25, 0.3) is 0 Å². The van der Waals surface area contributed by atoms with E-state index >= 15 is 0 Å². The first-order chi connectivity index (χ1) is 6.09. The maximum atomic E-state index is 7.04. The fraction of sp³-hybridized carbons (Fsp3) is 0.125. The highest BCUT2D eigenvalue weighted by molar-refractivity contribution is 8.00. The molecule has 1 aromatic rings. The Hall–Kier alpha value is -0.380. The van der Waals surface area contributed by atoms with Crippen molar-refractivity contribution >= 4 is 40.8 Å². The van der Waals surface area contributed by atoms with Gasteiger partial charge in [0, 0.05) is 4.90 Å². The maximum Gasteiger partial charge on any atom is 0.101 e. The minimum atomic E-state index is 0.149. The van der Waals surface area contributed by atoms with Crippen LogP contribution in [0.15, 0.2) is 23.1 Å². The molecule has 1 aromatic carbocycles. The van der Waals surface area contributed by atoms with Crippen molar-refractivity contribution in [2.75, 3.05) is 5.75 Å². The molecule has 0 aliphatic carbocycles. The van der Waals surface area contributed by atoms with Crippen molar-refractivity contribution in [1.29, 1.82) is 5.41 Å². The Labute approximate surface area is 90.9 Å². The summed E-state index contributed by atoms with van der Waals surface area (Å²) >= 11 is 13.0. The van der Waals surface area contributed by atoms with Crippen LogP contribution >= 0.6 is 35.0 Å². The molecule has 13 heavy (non-hydrogen) atoms. The smallest absolute Gasteiger partial charge is 0.101 e. The van der Waals surface area contributed by atoms with E-state index in [1.807, 2.05) is 6.07 Å². The number of thioether (sulfide) groups is 1. The van der Waals surface area contributed by atoms with E-state index in [-0.39, 0.29) is 5.84 Å². The highest BCUT2D eigenvalue weighted by Gasteiger charge is 2.00. The fourth-order valence-corrected chi connectivity index (χ4v) is 1.78. The molecule has 0 saturated carbocycles. The zero-order chi connectivity index (χ0) is 9.84. The van der Waals surface area contributed by atoms with Crippen molar-refractivity contribution in [3.05, 3.63) is 28.2 Å². The van der Waals surface area contributed by atoms with Gasteiger partial charge in [-0.05, 0) is 18.2 Å². The largest absolute Gasteiger partial charge is 0.387 e. The number of benzene rings is 1. The number of hydrogen-bond acceptors (Lipinski definition) is 2. The molecule has 0 atom stereocenters. The van der Waals surface area contributed by atoms with Crippen molar-refractivity contribution in [3.8, 4) is 0 Å². The molecule has 0 spiro atoms. The fourth-order valence-electron chi connectivity index (χ4n) is 0.728. The van der Waals surface area contributed by atoms with Gasteiger partial charge in [0.15, 0.2) is 0 Å². The summed E-state index contributed by atoms with van der Waals surface area (Å²) in [5, 5.41) is 8.10. The van der Waals surface area contributed by atoms with Crippen LogP contribution in [0.1, 0.15) is 0 Å². The van der Waals surface area contributed by atoms with E-state index in [4.69, 9.17) is 34.3 Å². The zero-order valence-electron chi connectivity index (χ0n) is 6.68. The standard InChI is InChI=1S/C8H8Cl2N2S/c9-6-2-1-5(3-7(6)10)13-4-8(11)12/h1-3H,4H2,(H3,11,12). The lowest BCUT2D eigenvalue weighted by atomic mass is 10.4. The van der Waals surface area contributed by atoms with Gasteiger partial charge in [-0.25, -0.2) is 0 Å². The molecule has 70 valence electrons. The van der Waals surface area contributed by atoms with Gasteiger partial charge in [-0.1, -0.05) is 23.2 Å². The highest BCUT2D eigenvalue weighted by Crippen LogP contribution is 2.27. The molecule has 0 saturated heterocycles.